The first-order chi connectivity index (χ1) is 14.4. The third-order valence-corrected chi connectivity index (χ3v) is 7.25. The van der Waals surface area contributed by atoms with E-state index in [-0.39, 0.29) is 37.0 Å². The summed E-state index contributed by atoms with van der Waals surface area (Å²) in [5.74, 6) is -0.952. The summed E-state index contributed by atoms with van der Waals surface area (Å²) in [5.41, 5.74) is 1.33. The summed E-state index contributed by atoms with van der Waals surface area (Å²) in [6.07, 6.45) is 3.49. The van der Waals surface area contributed by atoms with Crippen molar-refractivity contribution in [1.82, 2.24) is 19.0 Å². The van der Waals surface area contributed by atoms with Crippen LogP contribution in [0.5, 0.6) is 0 Å². The number of hydrogen-bond acceptors (Lipinski definition) is 4. The Morgan fingerprint density at radius 1 is 1.00 bits per heavy atom. The molecular formula is C20H18BrFN4O3S. The minimum atomic E-state index is -3.93. The number of carbonyl (C=O) groups excluding carboxylic acids is 1. The molecule has 7 nitrogen and oxygen atoms in total. The van der Waals surface area contributed by atoms with Crippen molar-refractivity contribution in [3.8, 4) is 5.69 Å². The SMILES string of the molecule is O=C(c1ccc(-n2cc(Br)cn2)cc1)N1CCN(S(=O)(=O)c2ccccc2F)CC1. The van der Waals surface area contributed by atoms with Crippen molar-refractivity contribution in [3.05, 3.63) is 76.8 Å². The van der Waals surface area contributed by atoms with Gasteiger partial charge in [-0.25, -0.2) is 17.5 Å². The molecule has 1 aromatic heterocycles. The van der Waals surface area contributed by atoms with Gasteiger partial charge in [-0.1, -0.05) is 12.1 Å². The number of amides is 1. The Kier molecular flexibility index (Phi) is 5.72. The molecule has 1 saturated heterocycles. The monoisotopic (exact) mass is 492 g/mol. The Bertz CT molecular complexity index is 1170. The molecular weight excluding hydrogens is 475 g/mol. The molecule has 1 aliphatic heterocycles. The highest BCUT2D eigenvalue weighted by atomic mass is 79.9. The standard InChI is InChI=1S/C20H18BrFN4O3S/c21-16-13-23-26(14-16)17-7-5-15(6-8-17)20(27)24-9-11-25(12-10-24)30(28,29)19-4-2-1-3-18(19)22/h1-8,13-14H,9-12H2. The Morgan fingerprint density at radius 3 is 2.27 bits per heavy atom. The highest BCUT2D eigenvalue weighted by molar-refractivity contribution is 9.10. The maximum absolute atomic E-state index is 13.9. The highest BCUT2D eigenvalue weighted by Gasteiger charge is 2.32. The summed E-state index contributed by atoms with van der Waals surface area (Å²) < 4.78 is 43.1. The molecule has 4 rings (SSSR count). The Balaban J connectivity index is 1.43. The normalized spacial score (nSPS) is 15.3. The topological polar surface area (TPSA) is 75.5 Å². The number of sulfonamides is 1. The van der Waals surface area contributed by atoms with Gasteiger partial charge >= 0.3 is 0 Å². The average molecular weight is 493 g/mol. The summed E-state index contributed by atoms with van der Waals surface area (Å²) >= 11 is 3.35. The zero-order chi connectivity index (χ0) is 21.3. The quantitative estimate of drug-likeness (QED) is 0.561. The molecule has 156 valence electrons. The van der Waals surface area contributed by atoms with Crippen molar-refractivity contribution in [2.24, 2.45) is 0 Å². The summed E-state index contributed by atoms with van der Waals surface area (Å²) in [6, 6.07) is 12.3. The summed E-state index contributed by atoms with van der Waals surface area (Å²) in [4.78, 5) is 14.1. The Morgan fingerprint density at radius 2 is 1.67 bits per heavy atom. The molecule has 0 spiro atoms. The second-order valence-electron chi connectivity index (χ2n) is 6.78. The van der Waals surface area contributed by atoms with Gasteiger partial charge in [0, 0.05) is 37.9 Å². The van der Waals surface area contributed by atoms with Crippen molar-refractivity contribution in [1.29, 1.82) is 0 Å². The number of piperazine rings is 1. The van der Waals surface area contributed by atoms with Crippen molar-refractivity contribution < 1.29 is 17.6 Å². The second kappa shape index (κ2) is 8.29. The molecule has 2 aromatic carbocycles. The predicted molar refractivity (Wildman–Crippen MR) is 112 cm³/mol. The van der Waals surface area contributed by atoms with E-state index in [2.05, 4.69) is 21.0 Å². The van der Waals surface area contributed by atoms with Crippen LogP contribution in [-0.4, -0.2) is 59.5 Å². The molecule has 0 bridgehead atoms. The lowest BCUT2D eigenvalue weighted by molar-refractivity contribution is 0.0697. The molecule has 1 aliphatic rings. The van der Waals surface area contributed by atoms with E-state index in [1.165, 1.54) is 22.5 Å². The first kappa shape index (κ1) is 20.7. The van der Waals surface area contributed by atoms with Crippen LogP contribution < -0.4 is 0 Å². The van der Waals surface area contributed by atoms with Gasteiger partial charge in [-0.05, 0) is 52.3 Å². The van der Waals surface area contributed by atoms with Crippen LogP contribution in [0.1, 0.15) is 10.4 Å². The van der Waals surface area contributed by atoms with Gasteiger partial charge in [0.05, 0.1) is 16.4 Å². The number of nitrogens with zero attached hydrogens (tertiary/aromatic N) is 4. The van der Waals surface area contributed by atoms with Crippen LogP contribution in [0.25, 0.3) is 5.69 Å². The van der Waals surface area contributed by atoms with Gasteiger partial charge in [0.25, 0.3) is 5.91 Å². The van der Waals surface area contributed by atoms with Crippen LogP contribution in [0.15, 0.2) is 70.3 Å². The van der Waals surface area contributed by atoms with Crippen molar-refractivity contribution in [2.45, 2.75) is 4.90 Å². The zero-order valence-corrected chi connectivity index (χ0v) is 18.2. The number of carbonyl (C=O) groups is 1. The first-order valence-electron chi connectivity index (χ1n) is 9.21. The van der Waals surface area contributed by atoms with Crippen LogP contribution in [0.3, 0.4) is 0 Å². The van der Waals surface area contributed by atoms with E-state index in [1.54, 1.807) is 40.0 Å². The first-order valence-corrected chi connectivity index (χ1v) is 11.4. The van der Waals surface area contributed by atoms with E-state index in [0.29, 0.717) is 5.56 Å². The molecule has 1 amide bonds. The number of halogens is 2. The maximum Gasteiger partial charge on any atom is 0.253 e. The fourth-order valence-electron chi connectivity index (χ4n) is 3.31. The van der Waals surface area contributed by atoms with Gasteiger partial charge < -0.3 is 4.90 Å². The largest absolute Gasteiger partial charge is 0.336 e. The molecule has 0 atom stereocenters. The van der Waals surface area contributed by atoms with E-state index in [1.807, 2.05) is 6.20 Å². The number of benzene rings is 2. The second-order valence-corrected chi connectivity index (χ2v) is 9.60. The molecule has 2 heterocycles. The third-order valence-electron chi connectivity index (χ3n) is 4.91. The lowest BCUT2D eigenvalue weighted by atomic mass is 10.1. The maximum atomic E-state index is 13.9. The molecule has 0 saturated carbocycles. The minimum Gasteiger partial charge on any atom is -0.336 e. The van der Waals surface area contributed by atoms with Crippen molar-refractivity contribution in [2.75, 3.05) is 26.2 Å². The van der Waals surface area contributed by atoms with Crippen LogP contribution in [0.4, 0.5) is 4.39 Å². The van der Waals surface area contributed by atoms with Crippen LogP contribution in [-0.2, 0) is 10.0 Å². The summed E-state index contributed by atoms with van der Waals surface area (Å²) in [5, 5.41) is 4.20. The smallest absolute Gasteiger partial charge is 0.253 e. The van der Waals surface area contributed by atoms with Gasteiger partial charge in [0.1, 0.15) is 10.7 Å². The van der Waals surface area contributed by atoms with Gasteiger partial charge in [0.15, 0.2) is 0 Å². The Labute approximate surface area is 181 Å². The van der Waals surface area contributed by atoms with Crippen LogP contribution in [0, 0.1) is 5.82 Å². The zero-order valence-electron chi connectivity index (χ0n) is 15.8. The molecule has 0 unspecified atom stereocenters. The van der Waals surface area contributed by atoms with Crippen LogP contribution >= 0.6 is 15.9 Å². The number of rotatable bonds is 4. The van der Waals surface area contributed by atoms with Gasteiger partial charge in [-0.3, -0.25) is 4.79 Å². The fraction of sp³-hybridized carbons (Fsp3) is 0.200. The van der Waals surface area contributed by atoms with Crippen molar-refractivity contribution >= 4 is 31.9 Å². The average Bonchev–Trinajstić information content (AvgIpc) is 3.20. The van der Waals surface area contributed by atoms with Gasteiger partial charge in [-0.15, -0.1) is 0 Å². The molecule has 3 aromatic rings. The van der Waals surface area contributed by atoms with Gasteiger partial charge in [-0.2, -0.15) is 9.40 Å². The van der Waals surface area contributed by atoms with Crippen LogP contribution in [0.2, 0.25) is 0 Å². The van der Waals surface area contributed by atoms with E-state index in [4.69, 9.17) is 0 Å². The lowest BCUT2D eigenvalue weighted by Gasteiger charge is -2.34. The molecule has 10 heteroatoms. The van der Waals surface area contributed by atoms with Crippen molar-refractivity contribution in [3.63, 3.8) is 0 Å². The Hall–Kier alpha value is -2.56. The highest BCUT2D eigenvalue weighted by Crippen LogP contribution is 2.21. The van der Waals surface area contributed by atoms with E-state index >= 15 is 0 Å². The lowest BCUT2D eigenvalue weighted by Crippen LogP contribution is -2.50. The van der Waals surface area contributed by atoms with E-state index < -0.39 is 15.8 Å². The van der Waals surface area contributed by atoms with E-state index in [0.717, 1.165) is 16.2 Å². The van der Waals surface area contributed by atoms with E-state index in [9.17, 15) is 17.6 Å². The fourth-order valence-corrected chi connectivity index (χ4v) is 5.08. The number of hydrogen-bond donors (Lipinski definition) is 0. The third kappa shape index (κ3) is 4.03. The molecule has 0 radical (unpaired) electrons. The number of aromatic nitrogens is 2. The molecule has 30 heavy (non-hydrogen) atoms. The summed E-state index contributed by atoms with van der Waals surface area (Å²) in [7, 11) is -3.93. The summed E-state index contributed by atoms with van der Waals surface area (Å²) in [6.45, 7) is 0.699. The molecule has 1 fully saturated rings. The predicted octanol–water partition coefficient (Wildman–Crippen LogP) is 2.92. The van der Waals surface area contributed by atoms with Gasteiger partial charge in [0.2, 0.25) is 10.0 Å². The molecule has 0 aliphatic carbocycles. The molecule has 0 N–H and O–H groups in total. The minimum absolute atomic E-state index is 0.113.